The van der Waals surface area contributed by atoms with Crippen molar-refractivity contribution in [2.24, 2.45) is 0 Å². The summed E-state index contributed by atoms with van der Waals surface area (Å²) in [5, 5.41) is -2.48. The van der Waals surface area contributed by atoms with E-state index in [2.05, 4.69) is 0 Å². The van der Waals surface area contributed by atoms with Gasteiger partial charge in [-0.1, -0.05) is 11.6 Å². The number of hydrogen-bond donors (Lipinski definition) is 0. The molecule has 0 radical (unpaired) electrons. The van der Waals surface area contributed by atoms with Crippen LogP contribution < -0.4 is 0 Å². The molecule has 0 atom stereocenters. The highest BCUT2D eigenvalue weighted by Crippen LogP contribution is 2.30. The Balaban J connectivity index is 3.74. The minimum atomic E-state index is -4.49. The summed E-state index contributed by atoms with van der Waals surface area (Å²) in [6.45, 7) is 0. The largest absolute Gasteiger partial charge is 0.275 e. The van der Waals surface area contributed by atoms with Gasteiger partial charge in [0.1, 0.15) is 9.92 Å². The zero-order valence-corrected chi connectivity index (χ0v) is 10.2. The third-order valence-corrected chi connectivity index (χ3v) is 3.44. The molecular weight excluding hydrogens is 308 g/mol. The lowest BCUT2D eigenvalue weighted by Crippen LogP contribution is -2.04. The Morgan fingerprint density at radius 3 is 2.12 bits per heavy atom. The summed E-state index contributed by atoms with van der Waals surface area (Å²) >= 11 is 10.1. The average molecular weight is 310 g/mol. The monoisotopic (exact) mass is 308 g/mol. The SMILES string of the molecule is O=C(Cl)c1cc(S(=O)(=O)Cl)c(F)c(Cl)c1F. The summed E-state index contributed by atoms with van der Waals surface area (Å²) in [6.07, 6.45) is 0. The average Bonchev–Trinajstić information content (AvgIpc) is 2.11. The number of rotatable bonds is 2. The quantitative estimate of drug-likeness (QED) is 0.623. The maximum atomic E-state index is 13.2. The minimum Gasteiger partial charge on any atom is -0.275 e. The lowest BCUT2D eigenvalue weighted by atomic mass is 10.2. The number of carbonyl (C=O) groups excluding carboxylic acids is 1. The first kappa shape index (κ1) is 13.6. The van der Waals surface area contributed by atoms with Gasteiger partial charge < -0.3 is 0 Å². The molecule has 0 bridgehead atoms. The van der Waals surface area contributed by atoms with Crippen LogP contribution in [0.3, 0.4) is 0 Å². The Bertz CT molecular complexity index is 571. The lowest BCUT2D eigenvalue weighted by Gasteiger charge is -2.05. The first-order valence-electron chi connectivity index (χ1n) is 3.48. The number of halogens is 5. The van der Waals surface area contributed by atoms with Gasteiger partial charge in [0, 0.05) is 10.7 Å². The molecule has 16 heavy (non-hydrogen) atoms. The van der Waals surface area contributed by atoms with Crippen molar-refractivity contribution in [1.29, 1.82) is 0 Å². The van der Waals surface area contributed by atoms with Crippen LogP contribution in [0.2, 0.25) is 5.02 Å². The van der Waals surface area contributed by atoms with Gasteiger partial charge in [0.15, 0.2) is 11.6 Å². The second kappa shape index (κ2) is 4.44. The van der Waals surface area contributed by atoms with E-state index in [0.29, 0.717) is 6.07 Å². The predicted molar refractivity (Wildman–Crippen MR) is 54.6 cm³/mol. The number of carbonyl (C=O) groups is 1. The Kier molecular flexibility index (Phi) is 3.79. The van der Waals surface area contributed by atoms with E-state index in [0.717, 1.165) is 0 Å². The van der Waals surface area contributed by atoms with E-state index < -0.39 is 41.4 Å². The fourth-order valence-electron chi connectivity index (χ4n) is 0.901. The molecule has 1 aromatic carbocycles. The van der Waals surface area contributed by atoms with Gasteiger partial charge in [-0.3, -0.25) is 4.79 Å². The van der Waals surface area contributed by atoms with E-state index in [4.69, 9.17) is 33.9 Å². The highest BCUT2D eigenvalue weighted by molar-refractivity contribution is 8.13. The number of hydrogen-bond acceptors (Lipinski definition) is 3. The van der Waals surface area contributed by atoms with Crippen molar-refractivity contribution in [2.45, 2.75) is 4.90 Å². The molecule has 0 unspecified atom stereocenters. The molecule has 1 rings (SSSR count). The molecule has 0 fully saturated rings. The summed E-state index contributed by atoms with van der Waals surface area (Å²) in [6, 6.07) is 0.383. The van der Waals surface area contributed by atoms with Gasteiger partial charge >= 0.3 is 0 Å². The molecule has 0 saturated carbocycles. The van der Waals surface area contributed by atoms with Crippen molar-refractivity contribution in [2.75, 3.05) is 0 Å². The highest BCUT2D eigenvalue weighted by atomic mass is 35.7. The molecule has 1 aromatic rings. The van der Waals surface area contributed by atoms with E-state index in [-0.39, 0.29) is 0 Å². The Morgan fingerprint density at radius 1 is 1.25 bits per heavy atom. The lowest BCUT2D eigenvalue weighted by molar-refractivity contribution is 0.107. The van der Waals surface area contributed by atoms with E-state index in [1.165, 1.54) is 0 Å². The fourth-order valence-corrected chi connectivity index (χ4v) is 2.21. The highest BCUT2D eigenvalue weighted by Gasteiger charge is 2.26. The summed E-state index contributed by atoms with van der Waals surface area (Å²) in [5.74, 6) is -3.01. The van der Waals surface area contributed by atoms with E-state index >= 15 is 0 Å². The molecule has 0 spiro atoms. The molecule has 88 valence electrons. The van der Waals surface area contributed by atoms with Crippen molar-refractivity contribution in [3.63, 3.8) is 0 Å². The van der Waals surface area contributed by atoms with Gasteiger partial charge in [-0.15, -0.1) is 0 Å². The van der Waals surface area contributed by atoms with E-state index in [1.807, 2.05) is 0 Å². The molecule has 0 heterocycles. The fraction of sp³-hybridized carbons (Fsp3) is 0. The van der Waals surface area contributed by atoms with Gasteiger partial charge in [0.05, 0.1) is 5.56 Å². The van der Waals surface area contributed by atoms with Crippen molar-refractivity contribution >= 4 is 48.2 Å². The zero-order chi connectivity index (χ0) is 12.7. The van der Waals surface area contributed by atoms with Crippen LogP contribution in [0.15, 0.2) is 11.0 Å². The van der Waals surface area contributed by atoms with Crippen LogP contribution in [0, 0.1) is 11.6 Å². The van der Waals surface area contributed by atoms with Gasteiger partial charge in [-0.05, 0) is 17.7 Å². The third-order valence-electron chi connectivity index (χ3n) is 1.59. The van der Waals surface area contributed by atoms with Crippen molar-refractivity contribution < 1.29 is 22.0 Å². The van der Waals surface area contributed by atoms with E-state index in [9.17, 15) is 22.0 Å². The van der Waals surface area contributed by atoms with Crippen molar-refractivity contribution in [3.05, 3.63) is 28.3 Å². The molecule has 3 nitrogen and oxygen atoms in total. The van der Waals surface area contributed by atoms with Crippen molar-refractivity contribution in [1.82, 2.24) is 0 Å². The van der Waals surface area contributed by atoms with Crippen LogP contribution >= 0.6 is 33.9 Å². The maximum Gasteiger partial charge on any atom is 0.264 e. The van der Waals surface area contributed by atoms with Gasteiger partial charge in [0.25, 0.3) is 14.3 Å². The summed E-state index contributed by atoms with van der Waals surface area (Å²) in [5.41, 5.74) is -0.868. The molecule has 0 aliphatic carbocycles. The van der Waals surface area contributed by atoms with Crippen LogP contribution in [0.5, 0.6) is 0 Å². The van der Waals surface area contributed by atoms with Crippen molar-refractivity contribution in [3.8, 4) is 0 Å². The van der Waals surface area contributed by atoms with Crippen LogP contribution in [-0.4, -0.2) is 13.7 Å². The number of benzene rings is 1. The molecule has 0 aliphatic rings. The van der Waals surface area contributed by atoms with Crippen LogP contribution in [0.1, 0.15) is 10.4 Å². The molecular formula is C7HCl3F2O3S. The van der Waals surface area contributed by atoms with E-state index in [1.54, 1.807) is 0 Å². The molecule has 0 aromatic heterocycles. The topological polar surface area (TPSA) is 51.2 Å². The van der Waals surface area contributed by atoms with Gasteiger partial charge in [-0.25, -0.2) is 17.2 Å². The predicted octanol–water partition coefficient (Wildman–Crippen LogP) is 2.92. The second-order valence-corrected chi connectivity index (χ2v) is 5.83. The maximum absolute atomic E-state index is 13.2. The Labute approximate surface area is 103 Å². The molecule has 0 amide bonds. The molecule has 0 saturated heterocycles. The molecule has 0 aliphatic heterocycles. The normalized spacial score (nSPS) is 11.6. The Hall–Kier alpha value is -0.430. The van der Waals surface area contributed by atoms with Crippen LogP contribution in [-0.2, 0) is 9.05 Å². The third kappa shape index (κ3) is 2.45. The Morgan fingerprint density at radius 2 is 1.75 bits per heavy atom. The summed E-state index contributed by atoms with van der Waals surface area (Å²) < 4.78 is 48.1. The smallest absolute Gasteiger partial charge is 0.264 e. The summed E-state index contributed by atoms with van der Waals surface area (Å²) in [4.78, 5) is 9.61. The molecule has 9 heteroatoms. The first-order chi connectivity index (χ1) is 7.16. The standard InChI is InChI=1S/C7HCl3F2O3S/c8-4-5(11)2(7(9)13)1-3(6(4)12)16(10,14)15/h1H. The van der Waals surface area contributed by atoms with Crippen LogP contribution in [0.4, 0.5) is 8.78 Å². The minimum absolute atomic E-state index is 0.383. The van der Waals surface area contributed by atoms with Gasteiger partial charge in [-0.2, -0.15) is 0 Å². The summed E-state index contributed by atoms with van der Waals surface area (Å²) in [7, 11) is 0.368. The molecule has 0 N–H and O–H groups in total. The zero-order valence-electron chi connectivity index (χ0n) is 7.10. The first-order valence-corrected chi connectivity index (χ1v) is 6.54. The van der Waals surface area contributed by atoms with Crippen LogP contribution in [0.25, 0.3) is 0 Å². The second-order valence-electron chi connectivity index (χ2n) is 2.58. The van der Waals surface area contributed by atoms with Gasteiger partial charge in [0.2, 0.25) is 0 Å².